The summed E-state index contributed by atoms with van der Waals surface area (Å²) in [6, 6.07) is 2.21. The quantitative estimate of drug-likeness (QED) is 0.764. The summed E-state index contributed by atoms with van der Waals surface area (Å²) in [4.78, 5) is 4.00. The van der Waals surface area contributed by atoms with Gasteiger partial charge in [0.2, 0.25) is 0 Å². The molecule has 0 saturated heterocycles. The zero-order valence-electron chi connectivity index (χ0n) is 9.96. The van der Waals surface area contributed by atoms with E-state index in [0.29, 0.717) is 0 Å². The Balaban J connectivity index is 2.82. The highest BCUT2D eigenvalue weighted by atomic mass is 35.5. The molecular weight excluding hydrogens is 220 g/mol. The molecule has 0 aliphatic heterocycles. The van der Waals surface area contributed by atoms with Gasteiger partial charge in [-0.1, -0.05) is 24.1 Å². The van der Waals surface area contributed by atoms with Crippen LogP contribution < -0.4 is 5.32 Å². The van der Waals surface area contributed by atoms with Crippen LogP contribution in [-0.4, -0.2) is 11.5 Å². The third-order valence-corrected chi connectivity index (χ3v) is 2.69. The molecule has 0 bridgehead atoms. The van der Waals surface area contributed by atoms with E-state index < -0.39 is 0 Å². The maximum absolute atomic E-state index is 6.15. The normalized spacial score (nSPS) is 12.4. The Morgan fingerprint density at radius 3 is 2.94 bits per heavy atom. The van der Waals surface area contributed by atoms with Gasteiger partial charge >= 0.3 is 0 Å². The maximum atomic E-state index is 6.15. The van der Waals surface area contributed by atoms with E-state index in [9.17, 15) is 0 Å². The van der Waals surface area contributed by atoms with Crippen LogP contribution in [0.25, 0.3) is 0 Å². The summed E-state index contributed by atoms with van der Waals surface area (Å²) >= 11 is 6.15. The van der Waals surface area contributed by atoms with Gasteiger partial charge in [0.05, 0.1) is 5.02 Å². The van der Waals surface area contributed by atoms with Gasteiger partial charge in [-0.25, -0.2) is 0 Å². The van der Waals surface area contributed by atoms with E-state index in [1.165, 1.54) is 0 Å². The van der Waals surface area contributed by atoms with Crippen LogP contribution in [0.2, 0.25) is 5.02 Å². The Kier molecular flexibility index (Phi) is 5.50. The monoisotopic (exact) mass is 238 g/mol. The number of halogens is 1. The number of hydrogen-bond donors (Lipinski definition) is 1. The van der Waals surface area contributed by atoms with Crippen LogP contribution in [0.4, 0.5) is 0 Å². The van der Waals surface area contributed by atoms with E-state index in [-0.39, 0.29) is 6.04 Å². The molecule has 16 heavy (non-hydrogen) atoms. The molecule has 88 valence electrons. The van der Waals surface area contributed by atoms with Crippen LogP contribution in [0.1, 0.15) is 38.3 Å². The molecule has 1 rings (SSSR count). The first-order chi connectivity index (χ1) is 7.65. The molecule has 1 aromatic heterocycles. The predicted octanol–water partition coefficient (Wildman–Crippen LogP) is 3.74. The minimum absolute atomic E-state index is 0.243. The zero-order chi connectivity index (χ0) is 12.0. The smallest absolute Gasteiger partial charge is 0.0637 e. The molecule has 0 aromatic carbocycles. The predicted molar refractivity (Wildman–Crippen MR) is 69.7 cm³/mol. The molecule has 1 N–H and O–H groups in total. The molecule has 0 amide bonds. The molecule has 0 aliphatic rings. The number of hydrogen-bond acceptors (Lipinski definition) is 2. The highest BCUT2D eigenvalue weighted by molar-refractivity contribution is 6.31. The molecule has 2 nitrogen and oxygen atoms in total. The van der Waals surface area contributed by atoms with E-state index in [1.807, 2.05) is 13.0 Å². The van der Waals surface area contributed by atoms with Gasteiger partial charge in [0.1, 0.15) is 0 Å². The summed E-state index contributed by atoms with van der Waals surface area (Å²) in [5.74, 6) is 0. The van der Waals surface area contributed by atoms with Crippen LogP contribution in [0.15, 0.2) is 30.6 Å². The molecule has 0 aliphatic carbocycles. The van der Waals surface area contributed by atoms with Crippen molar-refractivity contribution in [3.63, 3.8) is 0 Å². The third-order valence-electron chi connectivity index (χ3n) is 2.37. The Labute approximate surface area is 103 Å². The van der Waals surface area contributed by atoms with Gasteiger partial charge in [0.25, 0.3) is 0 Å². The minimum Gasteiger partial charge on any atom is -0.310 e. The first kappa shape index (κ1) is 13.2. The fourth-order valence-electron chi connectivity index (χ4n) is 1.63. The van der Waals surface area contributed by atoms with E-state index in [1.54, 1.807) is 12.4 Å². The van der Waals surface area contributed by atoms with Crippen molar-refractivity contribution >= 4 is 11.6 Å². The highest BCUT2D eigenvalue weighted by Gasteiger charge is 2.13. The van der Waals surface area contributed by atoms with Gasteiger partial charge in [0, 0.05) is 18.4 Å². The van der Waals surface area contributed by atoms with Gasteiger partial charge in [-0.15, -0.1) is 6.58 Å². The van der Waals surface area contributed by atoms with Crippen molar-refractivity contribution < 1.29 is 0 Å². The number of rotatable bonds is 6. The molecule has 1 heterocycles. The standard InChI is InChI=1S/C13H19ClN2/c1-4-6-16-13(8-10(2)3)11-5-7-15-9-12(11)14/h5,7,9,13,16H,2,4,6,8H2,1,3H3. The molecule has 0 fully saturated rings. The second-order valence-corrected chi connectivity index (χ2v) is 4.47. The van der Waals surface area contributed by atoms with Gasteiger partial charge < -0.3 is 5.32 Å². The third kappa shape index (κ3) is 3.95. The average Bonchev–Trinajstić information content (AvgIpc) is 2.24. The Hall–Kier alpha value is -0.860. The van der Waals surface area contributed by atoms with Crippen LogP contribution >= 0.6 is 11.6 Å². The molecule has 3 heteroatoms. The molecule has 1 unspecified atom stereocenters. The number of nitrogens with zero attached hydrogens (tertiary/aromatic N) is 1. The summed E-state index contributed by atoms with van der Waals surface area (Å²) in [6.45, 7) is 9.13. The van der Waals surface area contributed by atoms with Gasteiger partial charge in [-0.2, -0.15) is 0 Å². The van der Waals surface area contributed by atoms with Crippen LogP contribution in [-0.2, 0) is 0 Å². The van der Waals surface area contributed by atoms with Crippen LogP contribution in [0.5, 0.6) is 0 Å². The van der Waals surface area contributed by atoms with E-state index in [2.05, 4.69) is 23.8 Å². The summed E-state index contributed by atoms with van der Waals surface area (Å²) in [5, 5.41) is 4.20. The second-order valence-electron chi connectivity index (χ2n) is 4.07. The zero-order valence-corrected chi connectivity index (χ0v) is 10.7. The molecular formula is C13H19ClN2. The summed E-state index contributed by atoms with van der Waals surface area (Å²) in [5.41, 5.74) is 2.26. The lowest BCUT2D eigenvalue weighted by Gasteiger charge is -2.19. The molecule has 0 saturated carbocycles. The van der Waals surface area contributed by atoms with Crippen LogP contribution in [0.3, 0.4) is 0 Å². The van der Waals surface area contributed by atoms with Gasteiger partial charge in [-0.3, -0.25) is 4.98 Å². The molecule has 0 radical (unpaired) electrons. The molecule has 1 atom stereocenters. The molecule has 1 aromatic rings. The Morgan fingerprint density at radius 2 is 2.38 bits per heavy atom. The van der Waals surface area contributed by atoms with Crippen molar-refractivity contribution in [2.24, 2.45) is 0 Å². The van der Waals surface area contributed by atoms with Crippen molar-refractivity contribution in [3.05, 3.63) is 41.2 Å². The van der Waals surface area contributed by atoms with Gasteiger partial charge in [0.15, 0.2) is 0 Å². The Bertz CT molecular complexity index is 350. The van der Waals surface area contributed by atoms with Gasteiger partial charge in [-0.05, 0) is 37.9 Å². The van der Waals surface area contributed by atoms with E-state index in [0.717, 1.165) is 35.5 Å². The number of nitrogens with one attached hydrogen (secondary N) is 1. The first-order valence-corrected chi connectivity index (χ1v) is 6.00. The van der Waals surface area contributed by atoms with Crippen molar-refractivity contribution in [2.45, 2.75) is 32.7 Å². The molecule has 0 spiro atoms. The van der Waals surface area contributed by atoms with Crippen molar-refractivity contribution in [1.29, 1.82) is 0 Å². The highest BCUT2D eigenvalue weighted by Crippen LogP contribution is 2.26. The van der Waals surface area contributed by atoms with Crippen molar-refractivity contribution in [1.82, 2.24) is 10.3 Å². The summed E-state index contributed by atoms with van der Waals surface area (Å²) in [7, 11) is 0. The van der Waals surface area contributed by atoms with Crippen molar-refractivity contribution in [3.8, 4) is 0 Å². The maximum Gasteiger partial charge on any atom is 0.0637 e. The lowest BCUT2D eigenvalue weighted by molar-refractivity contribution is 0.528. The average molecular weight is 239 g/mol. The topological polar surface area (TPSA) is 24.9 Å². The number of pyridine rings is 1. The number of aromatic nitrogens is 1. The summed E-state index contributed by atoms with van der Waals surface area (Å²) in [6.07, 6.45) is 5.48. The largest absolute Gasteiger partial charge is 0.310 e. The SMILES string of the molecule is C=C(C)CC(NCCC)c1ccncc1Cl. The second kappa shape index (κ2) is 6.66. The first-order valence-electron chi connectivity index (χ1n) is 5.62. The lowest BCUT2D eigenvalue weighted by Crippen LogP contribution is -2.22. The van der Waals surface area contributed by atoms with E-state index >= 15 is 0 Å². The fourth-order valence-corrected chi connectivity index (χ4v) is 1.88. The lowest BCUT2D eigenvalue weighted by atomic mass is 10.0. The minimum atomic E-state index is 0.243. The van der Waals surface area contributed by atoms with Crippen LogP contribution in [0, 0.1) is 0 Å². The van der Waals surface area contributed by atoms with E-state index in [4.69, 9.17) is 11.6 Å². The fraction of sp³-hybridized carbons (Fsp3) is 0.462. The summed E-state index contributed by atoms with van der Waals surface area (Å²) < 4.78 is 0. The Morgan fingerprint density at radius 1 is 1.62 bits per heavy atom. The van der Waals surface area contributed by atoms with Crippen molar-refractivity contribution in [2.75, 3.05) is 6.54 Å².